The van der Waals surface area contributed by atoms with Crippen LogP contribution in [-0.4, -0.2) is 47.8 Å². The Balaban J connectivity index is 2.41. The molecule has 0 aliphatic carbocycles. The number of nitrogens with one attached hydrogen (secondary N) is 1. The van der Waals surface area contributed by atoms with E-state index in [9.17, 15) is 27.9 Å². The molecule has 0 bridgehead atoms. The maximum absolute atomic E-state index is 12.0. The molecule has 122 valence electrons. The number of carboxylic acid groups (broad SMARTS) is 1. The molecule has 5 nitrogen and oxygen atoms in total. The van der Waals surface area contributed by atoms with Crippen molar-refractivity contribution in [2.24, 2.45) is 5.41 Å². The quantitative estimate of drug-likeness (QED) is 0.741. The lowest BCUT2D eigenvalue weighted by atomic mass is 9.83. The van der Waals surface area contributed by atoms with Crippen molar-refractivity contribution in [3.8, 4) is 0 Å². The standard InChI is InChI=1S/C13H21F3N2O3/c1-2-4-12(10(19)20)6-8-18(9-12)11(21)17-7-3-5-13(14,15)16/h2-9H2,1H3,(H,17,21)(H,19,20). The van der Waals surface area contributed by atoms with Crippen molar-refractivity contribution < 1.29 is 27.9 Å². The fourth-order valence-corrected chi connectivity index (χ4v) is 2.61. The number of urea groups is 1. The van der Waals surface area contributed by atoms with Crippen LogP contribution in [0.3, 0.4) is 0 Å². The summed E-state index contributed by atoms with van der Waals surface area (Å²) < 4.78 is 35.9. The Morgan fingerprint density at radius 1 is 1.38 bits per heavy atom. The van der Waals surface area contributed by atoms with Gasteiger partial charge in [-0.1, -0.05) is 13.3 Å². The summed E-state index contributed by atoms with van der Waals surface area (Å²) in [6, 6.07) is -0.489. The SMILES string of the molecule is CCCC1(C(=O)O)CCN(C(=O)NCCCC(F)(F)F)C1. The summed E-state index contributed by atoms with van der Waals surface area (Å²) in [5.74, 6) is -0.920. The average molecular weight is 310 g/mol. The summed E-state index contributed by atoms with van der Waals surface area (Å²) in [7, 11) is 0. The molecule has 0 radical (unpaired) electrons. The van der Waals surface area contributed by atoms with Gasteiger partial charge in [-0.05, 0) is 19.3 Å². The van der Waals surface area contributed by atoms with Gasteiger partial charge in [0.1, 0.15) is 0 Å². The highest BCUT2D eigenvalue weighted by molar-refractivity contribution is 5.79. The predicted molar refractivity (Wildman–Crippen MR) is 69.9 cm³/mol. The molecule has 1 aliphatic heterocycles. The van der Waals surface area contributed by atoms with Crippen LogP contribution in [0.15, 0.2) is 0 Å². The minimum Gasteiger partial charge on any atom is -0.481 e. The Morgan fingerprint density at radius 3 is 2.57 bits per heavy atom. The Kier molecular flexibility index (Phi) is 5.86. The summed E-state index contributed by atoms with van der Waals surface area (Å²) in [6.45, 7) is 2.24. The van der Waals surface area contributed by atoms with Gasteiger partial charge in [0, 0.05) is 26.1 Å². The van der Waals surface area contributed by atoms with E-state index in [0.717, 1.165) is 0 Å². The van der Waals surface area contributed by atoms with Crippen LogP contribution < -0.4 is 5.32 Å². The molecular formula is C13H21F3N2O3. The van der Waals surface area contributed by atoms with E-state index in [2.05, 4.69) is 5.32 Å². The fraction of sp³-hybridized carbons (Fsp3) is 0.846. The molecule has 8 heteroatoms. The lowest BCUT2D eigenvalue weighted by Gasteiger charge is -2.24. The average Bonchev–Trinajstić information content (AvgIpc) is 2.79. The highest BCUT2D eigenvalue weighted by Crippen LogP contribution is 2.35. The highest BCUT2D eigenvalue weighted by Gasteiger charge is 2.45. The smallest absolute Gasteiger partial charge is 0.389 e. The minimum absolute atomic E-state index is 0.0668. The molecule has 2 N–H and O–H groups in total. The largest absolute Gasteiger partial charge is 0.481 e. The molecule has 0 saturated carbocycles. The molecule has 1 atom stereocenters. The van der Waals surface area contributed by atoms with Crippen LogP contribution in [0, 0.1) is 5.41 Å². The second-order valence-electron chi connectivity index (χ2n) is 5.46. The van der Waals surface area contributed by atoms with Crippen molar-refractivity contribution >= 4 is 12.0 Å². The number of nitrogens with zero attached hydrogens (tertiary/aromatic N) is 1. The van der Waals surface area contributed by atoms with E-state index in [-0.39, 0.29) is 19.5 Å². The van der Waals surface area contributed by atoms with Crippen LogP contribution in [0.5, 0.6) is 0 Å². The number of hydrogen-bond donors (Lipinski definition) is 2. The molecule has 0 aromatic heterocycles. The molecular weight excluding hydrogens is 289 g/mol. The van der Waals surface area contributed by atoms with Crippen molar-refractivity contribution in [3.63, 3.8) is 0 Å². The second kappa shape index (κ2) is 7.00. The van der Waals surface area contributed by atoms with Crippen molar-refractivity contribution in [1.82, 2.24) is 10.2 Å². The molecule has 2 amide bonds. The monoisotopic (exact) mass is 310 g/mol. The molecule has 1 unspecified atom stereocenters. The molecule has 0 aromatic rings. The Bertz CT molecular complexity index is 387. The van der Waals surface area contributed by atoms with E-state index in [1.165, 1.54) is 4.90 Å². The first-order valence-electron chi connectivity index (χ1n) is 7.03. The first-order chi connectivity index (χ1) is 9.70. The van der Waals surface area contributed by atoms with Gasteiger partial charge in [0.05, 0.1) is 5.41 Å². The number of aliphatic carboxylic acids is 1. The lowest BCUT2D eigenvalue weighted by molar-refractivity contribution is -0.148. The van der Waals surface area contributed by atoms with Crippen LogP contribution in [0.2, 0.25) is 0 Å². The fourth-order valence-electron chi connectivity index (χ4n) is 2.61. The molecule has 1 rings (SSSR count). The molecule has 0 spiro atoms. The zero-order valence-corrected chi connectivity index (χ0v) is 12.0. The predicted octanol–water partition coefficient (Wildman–Crippen LogP) is 2.62. The van der Waals surface area contributed by atoms with E-state index in [1.54, 1.807) is 0 Å². The van der Waals surface area contributed by atoms with Crippen LogP contribution in [0.4, 0.5) is 18.0 Å². The van der Waals surface area contributed by atoms with Crippen molar-refractivity contribution in [1.29, 1.82) is 0 Å². The lowest BCUT2D eigenvalue weighted by Crippen LogP contribution is -2.42. The van der Waals surface area contributed by atoms with Crippen molar-refractivity contribution in [2.45, 2.75) is 45.2 Å². The maximum atomic E-state index is 12.0. The van der Waals surface area contributed by atoms with E-state index in [1.807, 2.05) is 6.92 Å². The van der Waals surface area contributed by atoms with Gasteiger partial charge in [0.15, 0.2) is 0 Å². The van der Waals surface area contributed by atoms with E-state index in [4.69, 9.17) is 0 Å². The third kappa shape index (κ3) is 5.09. The summed E-state index contributed by atoms with van der Waals surface area (Å²) in [5.41, 5.74) is -0.919. The Labute approximate surface area is 121 Å². The number of rotatable bonds is 6. The van der Waals surface area contributed by atoms with Gasteiger partial charge in [-0.15, -0.1) is 0 Å². The highest BCUT2D eigenvalue weighted by atomic mass is 19.4. The Hall–Kier alpha value is -1.47. The number of carboxylic acids is 1. The minimum atomic E-state index is -4.22. The zero-order chi connectivity index (χ0) is 16.1. The van der Waals surface area contributed by atoms with Crippen LogP contribution in [0.1, 0.15) is 39.0 Å². The van der Waals surface area contributed by atoms with Crippen LogP contribution in [-0.2, 0) is 4.79 Å². The number of carbonyl (C=O) groups is 2. The maximum Gasteiger partial charge on any atom is 0.389 e. The number of likely N-dealkylation sites (tertiary alicyclic amines) is 1. The molecule has 21 heavy (non-hydrogen) atoms. The third-order valence-corrected chi connectivity index (χ3v) is 3.74. The van der Waals surface area contributed by atoms with Crippen molar-refractivity contribution in [3.05, 3.63) is 0 Å². The molecule has 1 fully saturated rings. The second-order valence-corrected chi connectivity index (χ2v) is 5.46. The number of alkyl halides is 3. The van der Waals surface area contributed by atoms with Gasteiger partial charge in [-0.25, -0.2) is 4.79 Å². The molecule has 1 heterocycles. The van der Waals surface area contributed by atoms with Gasteiger partial charge in [0.25, 0.3) is 0 Å². The van der Waals surface area contributed by atoms with Gasteiger partial charge in [-0.2, -0.15) is 13.2 Å². The van der Waals surface area contributed by atoms with E-state index >= 15 is 0 Å². The van der Waals surface area contributed by atoms with Crippen LogP contribution in [0.25, 0.3) is 0 Å². The topological polar surface area (TPSA) is 69.6 Å². The van der Waals surface area contributed by atoms with Crippen molar-refractivity contribution in [2.75, 3.05) is 19.6 Å². The normalized spacial score (nSPS) is 22.4. The van der Waals surface area contributed by atoms with Crippen LogP contribution >= 0.6 is 0 Å². The molecule has 1 saturated heterocycles. The Morgan fingerprint density at radius 2 is 2.05 bits per heavy atom. The first-order valence-corrected chi connectivity index (χ1v) is 7.03. The van der Waals surface area contributed by atoms with Gasteiger partial charge >= 0.3 is 18.2 Å². The summed E-state index contributed by atoms with van der Waals surface area (Å²) >= 11 is 0. The zero-order valence-electron chi connectivity index (χ0n) is 12.0. The molecule has 1 aliphatic rings. The van der Waals surface area contributed by atoms with E-state index < -0.39 is 30.0 Å². The number of halogens is 3. The summed E-state index contributed by atoms with van der Waals surface area (Å²) in [4.78, 5) is 24.6. The van der Waals surface area contributed by atoms with E-state index in [0.29, 0.717) is 25.8 Å². The van der Waals surface area contributed by atoms with Gasteiger partial charge < -0.3 is 15.3 Å². The van der Waals surface area contributed by atoms with Gasteiger partial charge in [-0.3, -0.25) is 4.79 Å². The molecule has 0 aromatic carbocycles. The number of carbonyl (C=O) groups excluding carboxylic acids is 1. The number of hydrogen-bond acceptors (Lipinski definition) is 2. The summed E-state index contributed by atoms with van der Waals surface area (Å²) in [6.07, 6.45) is -3.78. The third-order valence-electron chi connectivity index (χ3n) is 3.74. The van der Waals surface area contributed by atoms with Gasteiger partial charge in [0.2, 0.25) is 0 Å². The number of amides is 2. The first kappa shape index (κ1) is 17.6. The summed E-state index contributed by atoms with van der Waals surface area (Å²) in [5, 5.41) is 11.7.